The second-order valence-corrected chi connectivity index (χ2v) is 8.04. The van der Waals surface area contributed by atoms with Gasteiger partial charge in [0, 0.05) is 19.1 Å². The van der Waals surface area contributed by atoms with Gasteiger partial charge in [-0.3, -0.25) is 0 Å². The number of hydrogen-bond donors (Lipinski definition) is 2. The van der Waals surface area contributed by atoms with E-state index in [1.807, 2.05) is 4.90 Å². The smallest absolute Gasteiger partial charge is 0.317 e. The molecule has 3 N–H and O–H groups in total. The molecule has 1 aromatic rings. The van der Waals surface area contributed by atoms with Crippen LogP contribution in [0.25, 0.3) is 0 Å². The molecule has 1 unspecified atom stereocenters. The van der Waals surface area contributed by atoms with Crippen molar-refractivity contribution in [2.45, 2.75) is 81.7 Å². The van der Waals surface area contributed by atoms with Crippen LogP contribution in [0.1, 0.15) is 81.8 Å². The molecule has 7 nitrogen and oxygen atoms in total. The van der Waals surface area contributed by atoms with Gasteiger partial charge in [0.2, 0.25) is 5.89 Å². The predicted molar refractivity (Wildman–Crippen MR) is 100 cm³/mol. The summed E-state index contributed by atoms with van der Waals surface area (Å²) in [7, 11) is 0. The summed E-state index contributed by atoms with van der Waals surface area (Å²) in [4.78, 5) is 19.1. The third kappa shape index (κ3) is 3.98. The second kappa shape index (κ2) is 8.13. The first-order valence-corrected chi connectivity index (χ1v) is 9.82. The van der Waals surface area contributed by atoms with E-state index in [0.717, 1.165) is 57.9 Å². The number of nitrogens with two attached hydrogens (primary N) is 1. The minimum atomic E-state index is -0.421. The second-order valence-electron chi connectivity index (χ2n) is 8.04. The minimum absolute atomic E-state index is 0. The van der Waals surface area contributed by atoms with Crippen LogP contribution in [0, 0.1) is 0 Å². The molecule has 26 heavy (non-hydrogen) atoms. The summed E-state index contributed by atoms with van der Waals surface area (Å²) in [5.74, 6) is 1.41. The number of hydrogen-bond acceptors (Lipinski definition) is 5. The number of carbonyl (C=O) groups is 1. The Labute approximate surface area is 160 Å². The van der Waals surface area contributed by atoms with Gasteiger partial charge in [0.25, 0.3) is 0 Å². The molecule has 8 heteroatoms. The molecule has 2 aliphatic carbocycles. The highest BCUT2D eigenvalue weighted by atomic mass is 35.5. The lowest BCUT2D eigenvalue weighted by Gasteiger charge is -2.32. The van der Waals surface area contributed by atoms with Crippen LogP contribution in [0.5, 0.6) is 0 Å². The molecular weight excluding hydrogens is 354 g/mol. The van der Waals surface area contributed by atoms with E-state index in [2.05, 4.69) is 15.5 Å². The standard InChI is InChI=1S/C18H29N5O2.ClH/c19-18(9-3-4-10-18)16-21-15(25-22-16)13-6-5-11-23(12-13)17(24)20-14-7-1-2-8-14;/h13-14H,1-12,19H2,(H,20,24);1H. The fraction of sp³-hybridized carbons (Fsp3) is 0.833. The average molecular weight is 384 g/mol. The molecule has 1 aromatic heterocycles. The SMILES string of the molecule is Cl.NC1(c2noc(C3CCCN(C(=O)NC4CCCC4)C3)n2)CCCC1. The van der Waals surface area contributed by atoms with Crippen molar-refractivity contribution in [1.29, 1.82) is 0 Å². The Morgan fingerprint density at radius 1 is 1.15 bits per heavy atom. The fourth-order valence-corrected chi connectivity index (χ4v) is 4.53. The van der Waals surface area contributed by atoms with Gasteiger partial charge in [0.1, 0.15) is 0 Å². The lowest BCUT2D eigenvalue weighted by Crippen LogP contribution is -2.47. The van der Waals surface area contributed by atoms with Crippen LogP contribution in [0.3, 0.4) is 0 Å². The molecule has 0 aromatic carbocycles. The third-order valence-corrected chi connectivity index (χ3v) is 6.12. The Morgan fingerprint density at radius 3 is 2.62 bits per heavy atom. The lowest BCUT2D eigenvalue weighted by molar-refractivity contribution is 0.168. The van der Waals surface area contributed by atoms with E-state index < -0.39 is 5.54 Å². The zero-order chi connectivity index (χ0) is 17.3. The summed E-state index contributed by atoms with van der Waals surface area (Å²) < 4.78 is 5.54. The summed E-state index contributed by atoms with van der Waals surface area (Å²) >= 11 is 0. The van der Waals surface area contributed by atoms with Crippen LogP contribution in [0.2, 0.25) is 0 Å². The number of urea groups is 1. The zero-order valence-electron chi connectivity index (χ0n) is 15.3. The molecule has 2 saturated carbocycles. The lowest BCUT2D eigenvalue weighted by atomic mass is 9.97. The van der Waals surface area contributed by atoms with Crippen molar-refractivity contribution in [2.75, 3.05) is 13.1 Å². The number of likely N-dealkylation sites (tertiary alicyclic amines) is 1. The van der Waals surface area contributed by atoms with Gasteiger partial charge in [0.15, 0.2) is 5.82 Å². The molecule has 4 rings (SSSR count). The van der Waals surface area contributed by atoms with E-state index >= 15 is 0 Å². The van der Waals surface area contributed by atoms with E-state index in [1.54, 1.807) is 0 Å². The van der Waals surface area contributed by atoms with Gasteiger partial charge in [-0.1, -0.05) is 30.8 Å². The highest BCUT2D eigenvalue weighted by molar-refractivity contribution is 5.85. The Bertz CT molecular complexity index is 610. The maximum atomic E-state index is 12.5. The van der Waals surface area contributed by atoms with Gasteiger partial charge in [-0.2, -0.15) is 4.98 Å². The van der Waals surface area contributed by atoms with E-state index in [0.29, 0.717) is 24.3 Å². The van der Waals surface area contributed by atoms with Crippen LogP contribution in [-0.2, 0) is 5.54 Å². The number of carbonyl (C=O) groups excluding carboxylic acids is 1. The number of piperidine rings is 1. The van der Waals surface area contributed by atoms with Crippen LogP contribution >= 0.6 is 12.4 Å². The maximum Gasteiger partial charge on any atom is 0.317 e. The monoisotopic (exact) mass is 383 g/mol. The first kappa shape index (κ1) is 19.4. The largest absolute Gasteiger partial charge is 0.339 e. The van der Waals surface area contributed by atoms with Crippen molar-refractivity contribution >= 4 is 18.4 Å². The molecule has 0 bridgehead atoms. The maximum absolute atomic E-state index is 12.5. The van der Waals surface area contributed by atoms with Gasteiger partial charge in [-0.05, 0) is 38.5 Å². The van der Waals surface area contributed by atoms with E-state index in [1.165, 1.54) is 12.8 Å². The number of nitrogens with one attached hydrogen (secondary N) is 1. The molecule has 2 amide bonds. The van der Waals surface area contributed by atoms with Crippen molar-refractivity contribution in [3.8, 4) is 0 Å². The quantitative estimate of drug-likeness (QED) is 0.835. The van der Waals surface area contributed by atoms with Crippen molar-refractivity contribution in [1.82, 2.24) is 20.4 Å². The van der Waals surface area contributed by atoms with Crippen LogP contribution < -0.4 is 11.1 Å². The molecule has 3 fully saturated rings. The van der Waals surface area contributed by atoms with Crippen LogP contribution in [0.4, 0.5) is 4.79 Å². The summed E-state index contributed by atoms with van der Waals surface area (Å²) in [5.41, 5.74) is 6.01. The highest BCUT2D eigenvalue weighted by Gasteiger charge is 2.37. The Morgan fingerprint density at radius 2 is 1.88 bits per heavy atom. The van der Waals surface area contributed by atoms with Crippen molar-refractivity contribution in [2.24, 2.45) is 5.73 Å². The van der Waals surface area contributed by atoms with Gasteiger partial charge in [-0.25, -0.2) is 4.79 Å². The van der Waals surface area contributed by atoms with Gasteiger partial charge >= 0.3 is 6.03 Å². The molecule has 2 heterocycles. The summed E-state index contributed by atoms with van der Waals surface area (Å²) in [6.07, 6.45) is 10.7. The van der Waals surface area contributed by atoms with E-state index in [4.69, 9.17) is 10.3 Å². The molecular formula is C18H30ClN5O2. The van der Waals surface area contributed by atoms with Crippen molar-refractivity contribution in [3.05, 3.63) is 11.7 Å². The first-order valence-electron chi connectivity index (χ1n) is 9.82. The molecule has 1 aliphatic heterocycles. The van der Waals surface area contributed by atoms with Gasteiger partial charge in [-0.15, -0.1) is 12.4 Å². The van der Waals surface area contributed by atoms with Crippen molar-refractivity contribution in [3.63, 3.8) is 0 Å². The van der Waals surface area contributed by atoms with Gasteiger partial charge < -0.3 is 20.5 Å². The number of amides is 2. The molecule has 1 atom stereocenters. The van der Waals surface area contributed by atoms with Crippen LogP contribution in [0.15, 0.2) is 4.52 Å². The average Bonchev–Trinajstić information content (AvgIpc) is 3.37. The Kier molecular flexibility index (Phi) is 6.07. The van der Waals surface area contributed by atoms with Gasteiger partial charge in [0.05, 0.1) is 11.5 Å². The molecule has 1 saturated heterocycles. The topological polar surface area (TPSA) is 97.3 Å². The van der Waals surface area contributed by atoms with E-state index in [9.17, 15) is 4.79 Å². The summed E-state index contributed by atoms with van der Waals surface area (Å²) in [5, 5.41) is 7.34. The summed E-state index contributed by atoms with van der Waals surface area (Å²) in [6, 6.07) is 0.407. The number of halogens is 1. The predicted octanol–water partition coefficient (Wildman–Crippen LogP) is 3.05. The molecule has 3 aliphatic rings. The Hall–Kier alpha value is -1.34. The first-order chi connectivity index (χ1) is 12.1. The van der Waals surface area contributed by atoms with Crippen LogP contribution in [-0.4, -0.2) is 40.2 Å². The molecule has 0 spiro atoms. The third-order valence-electron chi connectivity index (χ3n) is 6.12. The normalized spacial score (nSPS) is 25.9. The highest BCUT2D eigenvalue weighted by Crippen LogP contribution is 2.36. The zero-order valence-corrected chi connectivity index (χ0v) is 16.1. The number of rotatable bonds is 3. The summed E-state index contributed by atoms with van der Waals surface area (Å²) in [6.45, 7) is 1.45. The Balaban J connectivity index is 0.00000196. The van der Waals surface area contributed by atoms with E-state index in [-0.39, 0.29) is 24.4 Å². The minimum Gasteiger partial charge on any atom is -0.339 e. The number of aromatic nitrogens is 2. The fourth-order valence-electron chi connectivity index (χ4n) is 4.53. The molecule has 146 valence electrons. The van der Waals surface area contributed by atoms with Crippen molar-refractivity contribution < 1.29 is 9.32 Å². The number of nitrogens with zero attached hydrogens (tertiary/aromatic N) is 3. The molecule has 0 radical (unpaired) electrons.